The van der Waals surface area contributed by atoms with E-state index in [1.807, 2.05) is 24.3 Å². The number of nitrogens with one attached hydrogen (secondary N) is 2. The normalized spacial score (nSPS) is 20.3. The number of nitrogens with zero attached hydrogens (tertiary/aromatic N) is 4. The van der Waals surface area contributed by atoms with E-state index < -0.39 is 0 Å². The molecule has 0 spiro atoms. The molecule has 1 heterocycles. The van der Waals surface area contributed by atoms with Crippen LogP contribution in [0.25, 0.3) is 0 Å². The molecule has 0 bridgehead atoms. The molecule has 6 heteroatoms. The molecule has 29 heavy (non-hydrogen) atoms. The lowest BCUT2D eigenvalue weighted by atomic mass is 9.68. The zero-order valence-corrected chi connectivity index (χ0v) is 17.4. The van der Waals surface area contributed by atoms with E-state index in [2.05, 4.69) is 53.5 Å². The van der Waals surface area contributed by atoms with E-state index in [0.29, 0.717) is 41.4 Å². The summed E-state index contributed by atoms with van der Waals surface area (Å²) < 4.78 is 0. The summed E-state index contributed by atoms with van der Waals surface area (Å²) in [6, 6.07) is 12.2. The molecule has 150 valence electrons. The molecule has 1 aliphatic rings. The monoisotopic (exact) mass is 388 g/mol. The first-order valence-electron chi connectivity index (χ1n) is 10.2. The first-order chi connectivity index (χ1) is 13.9. The van der Waals surface area contributed by atoms with Gasteiger partial charge in [0, 0.05) is 12.6 Å². The molecule has 1 saturated carbocycles. The summed E-state index contributed by atoms with van der Waals surface area (Å²) >= 11 is 0. The van der Waals surface area contributed by atoms with Crippen LogP contribution in [0, 0.1) is 34.0 Å². The number of anilines is 2. The fraction of sp³-hybridized carbons (Fsp3) is 0.478. The molecular weight excluding hydrogens is 360 g/mol. The molecule has 2 N–H and O–H groups in total. The van der Waals surface area contributed by atoms with Gasteiger partial charge in [-0.1, -0.05) is 32.9 Å². The van der Waals surface area contributed by atoms with Crippen molar-refractivity contribution >= 4 is 11.8 Å². The quantitative estimate of drug-likeness (QED) is 0.756. The predicted molar refractivity (Wildman–Crippen MR) is 114 cm³/mol. The lowest BCUT2D eigenvalue weighted by Gasteiger charge is -2.41. The summed E-state index contributed by atoms with van der Waals surface area (Å²) in [6.07, 6.45) is 5.70. The average Bonchev–Trinajstić information content (AvgIpc) is 2.71. The van der Waals surface area contributed by atoms with Gasteiger partial charge in [0.1, 0.15) is 17.5 Å². The van der Waals surface area contributed by atoms with Crippen molar-refractivity contribution in [3.63, 3.8) is 0 Å². The van der Waals surface area contributed by atoms with Crippen LogP contribution in [0.1, 0.15) is 56.7 Å². The van der Waals surface area contributed by atoms with E-state index in [1.165, 1.54) is 6.42 Å². The molecule has 0 aliphatic heterocycles. The third kappa shape index (κ3) is 5.23. The molecule has 0 saturated heterocycles. The Labute approximate surface area is 173 Å². The molecule has 0 unspecified atom stereocenters. The topological polar surface area (TPSA) is 97.4 Å². The first-order valence-corrected chi connectivity index (χ1v) is 10.2. The molecule has 3 rings (SSSR count). The van der Waals surface area contributed by atoms with Gasteiger partial charge in [-0.25, -0.2) is 4.98 Å². The molecule has 2 aromatic rings. The van der Waals surface area contributed by atoms with E-state index in [1.54, 1.807) is 6.20 Å². The van der Waals surface area contributed by atoms with Crippen LogP contribution in [0.5, 0.6) is 0 Å². The van der Waals surface area contributed by atoms with Gasteiger partial charge in [-0.05, 0) is 54.7 Å². The minimum absolute atomic E-state index is 0.276. The molecule has 0 amide bonds. The summed E-state index contributed by atoms with van der Waals surface area (Å²) in [7, 11) is 0. The minimum Gasteiger partial charge on any atom is -0.366 e. The van der Waals surface area contributed by atoms with Gasteiger partial charge in [0.25, 0.3) is 0 Å². The van der Waals surface area contributed by atoms with Crippen LogP contribution >= 0.6 is 0 Å². The maximum atomic E-state index is 9.44. The third-order valence-electron chi connectivity index (χ3n) is 6.08. The van der Waals surface area contributed by atoms with Crippen molar-refractivity contribution in [3.05, 3.63) is 47.2 Å². The number of rotatable bonds is 6. The maximum Gasteiger partial charge on any atom is 0.224 e. The van der Waals surface area contributed by atoms with Crippen molar-refractivity contribution in [2.24, 2.45) is 11.3 Å². The SMILES string of the molecule is C[C@H]1CC[C@@H](Nc2nc(NCCc3ccc(C#N)cc3)ncc2C#N)CC1(C)C. The predicted octanol–water partition coefficient (Wildman–Crippen LogP) is 4.50. The van der Waals surface area contributed by atoms with Gasteiger partial charge in [-0.15, -0.1) is 0 Å². The zero-order valence-electron chi connectivity index (χ0n) is 17.4. The van der Waals surface area contributed by atoms with E-state index in [0.717, 1.165) is 24.8 Å². The van der Waals surface area contributed by atoms with Crippen molar-refractivity contribution in [1.82, 2.24) is 9.97 Å². The largest absolute Gasteiger partial charge is 0.366 e. The highest BCUT2D eigenvalue weighted by atomic mass is 15.1. The molecule has 6 nitrogen and oxygen atoms in total. The van der Waals surface area contributed by atoms with Crippen LogP contribution in [-0.2, 0) is 6.42 Å². The maximum absolute atomic E-state index is 9.44. The Morgan fingerprint density at radius 1 is 1.14 bits per heavy atom. The number of hydrogen-bond acceptors (Lipinski definition) is 6. The van der Waals surface area contributed by atoms with Crippen molar-refractivity contribution < 1.29 is 0 Å². The first kappa shape index (κ1) is 20.6. The number of nitriles is 2. The molecule has 1 aromatic heterocycles. The molecule has 0 radical (unpaired) electrons. The Hall–Kier alpha value is -3.12. The molecule has 1 aromatic carbocycles. The summed E-state index contributed by atoms with van der Waals surface area (Å²) in [5, 5.41) is 25.0. The van der Waals surface area contributed by atoms with Gasteiger partial charge in [-0.3, -0.25) is 0 Å². The van der Waals surface area contributed by atoms with Crippen LogP contribution in [0.3, 0.4) is 0 Å². The van der Waals surface area contributed by atoms with Gasteiger partial charge in [0.15, 0.2) is 0 Å². The zero-order chi connectivity index (χ0) is 20.9. The van der Waals surface area contributed by atoms with Gasteiger partial charge in [0.05, 0.1) is 17.8 Å². The van der Waals surface area contributed by atoms with Crippen LogP contribution in [-0.4, -0.2) is 22.6 Å². The highest BCUT2D eigenvalue weighted by Gasteiger charge is 2.34. The highest BCUT2D eigenvalue weighted by Crippen LogP contribution is 2.41. The van der Waals surface area contributed by atoms with Gasteiger partial charge < -0.3 is 10.6 Å². The lowest BCUT2D eigenvalue weighted by molar-refractivity contribution is 0.143. The molecule has 1 fully saturated rings. The Kier molecular flexibility index (Phi) is 6.34. The summed E-state index contributed by atoms with van der Waals surface area (Å²) in [6.45, 7) is 7.61. The second-order valence-electron chi connectivity index (χ2n) is 8.57. The van der Waals surface area contributed by atoms with Crippen LogP contribution < -0.4 is 10.6 Å². The Balaban J connectivity index is 1.62. The van der Waals surface area contributed by atoms with Crippen molar-refractivity contribution in [2.45, 2.75) is 52.5 Å². The number of benzene rings is 1. The molecular formula is C23H28N6. The van der Waals surface area contributed by atoms with Gasteiger partial charge >= 0.3 is 0 Å². The van der Waals surface area contributed by atoms with Crippen molar-refractivity contribution in [2.75, 3.05) is 17.2 Å². The van der Waals surface area contributed by atoms with Crippen LogP contribution in [0.15, 0.2) is 30.5 Å². The standard InChI is InChI=1S/C23H28N6/c1-16-4-9-20(12-23(16,2)3)28-21-19(14-25)15-27-22(29-21)26-11-10-17-5-7-18(13-24)8-6-17/h5-8,15-16,20H,4,9-12H2,1-3H3,(H2,26,27,28,29)/t16-,20+/m0/s1. The summed E-state index contributed by atoms with van der Waals surface area (Å²) in [5.74, 6) is 1.82. The fourth-order valence-corrected chi connectivity index (χ4v) is 3.82. The Morgan fingerprint density at radius 2 is 1.90 bits per heavy atom. The minimum atomic E-state index is 0.276. The third-order valence-corrected chi connectivity index (χ3v) is 6.08. The van der Waals surface area contributed by atoms with Gasteiger partial charge in [-0.2, -0.15) is 15.5 Å². The second kappa shape index (κ2) is 8.92. The summed E-state index contributed by atoms with van der Waals surface area (Å²) in [4.78, 5) is 8.84. The fourth-order valence-electron chi connectivity index (χ4n) is 3.82. The Morgan fingerprint density at radius 3 is 2.55 bits per heavy atom. The number of hydrogen-bond donors (Lipinski definition) is 2. The van der Waals surface area contributed by atoms with E-state index >= 15 is 0 Å². The van der Waals surface area contributed by atoms with Crippen LogP contribution in [0.2, 0.25) is 0 Å². The lowest BCUT2D eigenvalue weighted by Crippen LogP contribution is -2.37. The smallest absolute Gasteiger partial charge is 0.224 e. The van der Waals surface area contributed by atoms with E-state index in [-0.39, 0.29) is 5.41 Å². The van der Waals surface area contributed by atoms with E-state index in [4.69, 9.17) is 5.26 Å². The molecule has 2 atom stereocenters. The highest BCUT2D eigenvalue weighted by molar-refractivity contribution is 5.54. The average molecular weight is 389 g/mol. The van der Waals surface area contributed by atoms with Crippen molar-refractivity contribution in [1.29, 1.82) is 10.5 Å². The molecule has 1 aliphatic carbocycles. The second-order valence-corrected chi connectivity index (χ2v) is 8.57. The van der Waals surface area contributed by atoms with Crippen LogP contribution in [0.4, 0.5) is 11.8 Å². The van der Waals surface area contributed by atoms with E-state index in [9.17, 15) is 5.26 Å². The van der Waals surface area contributed by atoms with Crippen molar-refractivity contribution in [3.8, 4) is 12.1 Å². The Bertz CT molecular complexity index is 920. The van der Waals surface area contributed by atoms with Gasteiger partial charge in [0.2, 0.25) is 5.95 Å². The number of aromatic nitrogens is 2. The summed E-state index contributed by atoms with van der Waals surface area (Å²) in [5.41, 5.74) is 2.55.